The Morgan fingerprint density at radius 1 is 1.47 bits per heavy atom. The number of carbonyl (C=O) groups excluding carboxylic acids is 1. The predicted octanol–water partition coefficient (Wildman–Crippen LogP) is 1.29. The van der Waals surface area contributed by atoms with Gasteiger partial charge in [0.1, 0.15) is 6.29 Å². The van der Waals surface area contributed by atoms with Crippen LogP contribution in [0.5, 0.6) is 0 Å². The Morgan fingerprint density at radius 3 is 2.53 bits per heavy atom. The van der Waals surface area contributed by atoms with Gasteiger partial charge in [0.2, 0.25) is 0 Å². The van der Waals surface area contributed by atoms with E-state index in [1.165, 1.54) is 6.42 Å². The summed E-state index contributed by atoms with van der Waals surface area (Å²) in [6.07, 6.45) is 6.39. The van der Waals surface area contributed by atoms with Gasteiger partial charge in [-0.05, 0) is 19.8 Å². The van der Waals surface area contributed by atoms with Gasteiger partial charge in [-0.2, -0.15) is 0 Å². The zero-order valence-electron chi connectivity index (χ0n) is 9.19. The van der Waals surface area contributed by atoms with Crippen LogP contribution in [0.25, 0.3) is 0 Å². The van der Waals surface area contributed by atoms with Gasteiger partial charge in [0.25, 0.3) is 0 Å². The van der Waals surface area contributed by atoms with Crippen LogP contribution in [0.1, 0.15) is 39.0 Å². The third-order valence-electron chi connectivity index (χ3n) is 3.08. The number of hydrogen-bond acceptors (Lipinski definition) is 3. The number of nitrogens with zero attached hydrogens (tertiary/aromatic N) is 1. The molecule has 0 aromatic heterocycles. The van der Waals surface area contributed by atoms with Crippen molar-refractivity contribution in [1.29, 1.82) is 0 Å². The molecule has 0 unspecified atom stereocenters. The molecule has 1 N–H and O–H groups in total. The van der Waals surface area contributed by atoms with Gasteiger partial charge in [-0.25, -0.2) is 0 Å². The van der Waals surface area contributed by atoms with Gasteiger partial charge in [-0.3, -0.25) is 9.69 Å². The summed E-state index contributed by atoms with van der Waals surface area (Å²) in [5, 5.41) is 8.80. The summed E-state index contributed by atoms with van der Waals surface area (Å²) >= 11 is 0. The molecular weight excluding hydrogens is 194 g/mol. The highest BCUT2D eigenvalue weighted by molar-refractivity contribution is 5.70. The van der Waals surface area contributed by atoms with E-state index in [1.807, 2.05) is 4.90 Å². The van der Waals surface area contributed by atoms with Crippen molar-refractivity contribution in [2.24, 2.45) is 0 Å². The number of aliphatic carboxylic acids is 1. The molecule has 15 heavy (non-hydrogen) atoms. The van der Waals surface area contributed by atoms with Crippen molar-refractivity contribution < 1.29 is 14.7 Å². The first kappa shape index (κ1) is 12.2. The minimum atomic E-state index is -0.853. The number of carboxylic acid groups (broad SMARTS) is 1. The first-order valence-electron chi connectivity index (χ1n) is 5.58. The van der Waals surface area contributed by atoms with Gasteiger partial charge < -0.3 is 9.90 Å². The van der Waals surface area contributed by atoms with E-state index in [2.05, 4.69) is 0 Å². The van der Waals surface area contributed by atoms with E-state index < -0.39 is 5.97 Å². The van der Waals surface area contributed by atoms with E-state index in [0.29, 0.717) is 0 Å². The van der Waals surface area contributed by atoms with Crippen LogP contribution < -0.4 is 0 Å². The number of carbonyl (C=O) groups is 2. The zero-order chi connectivity index (χ0) is 11.3. The topological polar surface area (TPSA) is 57.6 Å². The van der Waals surface area contributed by atoms with Gasteiger partial charge >= 0.3 is 5.97 Å². The third kappa shape index (κ3) is 3.63. The smallest absolute Gasteiger partial charge is 0.317 e. The van der Waals surface area contributed by atoms with E-state index in [4.69, 9.17) is 5.11 Å². The van der Waals surface area contributed by atoms with E-state index in [0.717, 1.165) is 32.0 Å². The Morgan fingerprint density at radius 2 is 2.07 bits per heavy atom. The predicted molar refractivity (Wildman–Crippen MR) is 56.7 cm³/mol. The fourth-order valence-electron chi connectivity index (χ4n) is 2.25. The van der Waals surface area contributed by atoms with E-state index >= 15 is 0 Å². The minimum absolute atomic E-state index is 0.0232. The second-order valence-corrected chi connectivity index (χ2v) is 4.23. The molecular formula is C11H19NO3. The number of rotatable bonds is 5. The Labute approximate surface area is 90.3 Å². The molecule has 0 heterocycles. The van der Waals surface area contributed by atoms with Gasteiger partial charge in [0.15, 0.2) is 0 Å². The molecule has 0 aromatic carbocycles. The van der Waals surface area contributed by atoms with Crippen LogP contribution >= 0.6 is 0 Å². The van der Waals surface area contributed by atoms with Crippen LogP contribution in [0.15, 0.2) is 0 Å². The average Bonchev–Trinajstić information content (AvgIpc) is 2.26. The van der Waals surface area contributed by atoms with Crippen molar-refractivity contribution in [1.82, 2.24) is 4.90 Å². The lowest BCUT2D eigenvalue weighted by atomic mass is 9.93. The molecule has 0 amide bonds. The Kier molecular flexibility index (Phi) is 4.75. The van der Waals surface area contributed by atoms with Crippen LogP contribution in [0.4, 0.5) is 0 Å². The molecule has 1 aliphatic rings. The maximum atomic E-state index is 10.7. The van der Waals surface area contributed by atoms with Crippen LogP contribution in [-0.2, 0) is 9.59 Å². The SMILES string of the molecule is C[C@@H](C=O)N(CC(=O)O)C1CCCCC1. The van der Waals surface area contributed by atoms with Gasteiger partial charge in [0.05, 0.1) is 12.6 Å². The van der Waals surface area contributed by atoms with Crippen molar-refractivity contribution >= 4 is 12.3 Å². The minimum Gasteiger partial charge on any atom is -0.480 e. The van der Waals surface area contributed by atoms with Crippen molar-refractivity contribution in [3.63, 3.8) is 0 Å². The van der Waals surface area contributed by atoms with Crippen LogP contribution in [-0.4, -0.2) is 40.9 Å². The summed E-state index contributed by atoms with van der Waals surface area (Å²) in [4.78, 5) is 23.3. The second-order valence-electron chi connectivity index (χ2n) is 4.23. The summed E-state index contributed by atoms with van der Waals surface area (Å²) in [6, 6.07) is -0.0146. The Bertz CT molecular complexity index is 224. The third-order valence-corrected chi connectivity index (χ3v) is 3.08. The summed E-state index contributed by atoms with van der Waals surface area (Å²) in [5.74, 6) is -0.853. The van der Waals surface area contributed by atoms with Gasteiger partial charge in [0, 0.05) is 6.04 Å². The highest BCUT2D eigenvalue weighted by atomic mass is 16.4. The summed E-state index contributed by atoms with van der Waals surface area (Å²) in [6.45, 7) is 1.75. The molecule has 0 radical (unpaired) electrons. The Balaban J connectivity index is 2.60. The molecule has 1 fully saturated rings. The highest BCUT2D eigenvalue weighted by Crippen LogP contribution is 2.23. The Hall–Kier alpha value is -0.900. The molecule has 1 atom stereocenters. The molecule has 0 aliphatic heterocycles. The zero-order valence-corrected chi connectivity index (χ0v) is 9.19. The van der Waals surface area contributed by atoms with Crippen molar-refractivity contribution in [3.8, 4) is 0 Å². The molecule has 4 nitrogen and oxygen atoms in total. The fourth-order valence-corrected chi connectivity index (χ4v) is 2.25. The molecule has 1 rings (SSSR count). The number of carboxylic acids is 1. The number of hydrogen-bond donors (Lipinski definition) is 1. The van der Waals surface area contributed by atoms with E-state index in [9.17, 15) is 9.59 Å². The lowest BCUT2D eigenvalue weighted by molar-refractivity contribution is -0.140. The van der Waals surface area contributed by atoms with E-state index in [-0.39, 0.29) is 18.6 Å². The average molecular weight is 213 g/mol. The quantitative estimate of drug-likeness (QED) is 0.699. The van der Waals surface area contributed by atoms with Crippen LogP contribution in [0.3, 0.4) is 0 Å². The van der Waals surface area contributed by atoms with Crippen molar-refractivity contribution in [2.75, 3.05) is 6.54 Å². The standard InChI is InChI=1S/C11H19NO3/c1-9(8-13)12(7-11(14)15)10-5-3-2-4-6-10/h8-10H,2-7H2,1H3,(H,14,15)/t9-/m0/s1. The normalized spacial score (nSPS) is 20.1. The summed E-state index contributed by atoms with van der Waals surface area (Å²) < 4.78 is 0. The largest absolute Gasteiger partial charge is 0.480 e. The van der Waals surface area contributed by atoms with Gasteiger partial charge in [-0.15, -0.1) is 0 Å². The second kappa shape index (κ2) is 5.85. The summed E-state index contributed by atoms with van der Waals surface area (Å²) in [7, 11) is 0. The first-order chi connectivity index (χ1) is 7.15. The lowest BCUT2D eigenvalue weighted by Gasteiger charge is -2.35. The van der Waals surface area contributed by atoms with Crippen molar-refractivity contribution in [3.05, 3.63) is 0 Å². The highest BCUT2D eigenvalue weighted by Gasteiger charge is 2.26. The molecule has 0 bridgehead atoms. The molecule has 86 valence electrons. The van der Waals surface area contributed by atoms with Crippen LogP contribution in [0, 0.1) is 0 Å². The number of aldehydes is 1. The molecule has 0 spiro atoms. The summed E-state index contributed by atoms with van der Waals surface area (Å²) in [5.41, 5.74) is 0. The molecule has 0 aromatic rings. The molecule has 4 heteroatoms. The molecule has 1 aliphatic carbocycles. The molecule has 0 saturated heterocycles. The van der Waals surface area contributed by atoms with Crippen molar-refractivity contribution in [2.45, 2.75) is 51.1 Å². The maximum absolute atomic E-state index is 10.7. The van der Waals surface area contributed by atoms with Crippen LogP contribution in [0.2, 0.25) is 0 Å². The molecule has 1 saturated carbocycles. The maximum Gasteiger partial charge on any atom is 0.317 e. The lowest BCUT2D eigenvalue weighted by Crippen LogP contribution is -2.46. The van der Waals surface area contributed by atoms with E-state index in [1.54, 1.807) is 6.92 Å². The monoisotopic (exact) mass is 213 g/mol. The van der Waals surface area contributed by atoms with Gasteiger partial charge in [-0.1, -0.05) is 19.3 Å². The first-order valence-corrected chi connectivity index (χ1v) is 5.58. The fraction of sp³-hybridized carbons (Fsp3) is 0.818.